The third-order valence-electron chi connectivity index (χ3n) is 2.75. The number of esters is 1. The SMILES string of the molecule is CC(=O)Oc1cccc(NC(=O)Nc2ccc(C)cc2O)c1. The lowest BCUT2D eigenvalue weighted by Crippen LogP contribution is -2.19. The molecule has 2 amide bonds. The fraction of sp³-hybridized carbons (Fsp3) is 0.125. The number of rotatable bonds is 3. The molecule has 0 aromatic heterocycles. The summed E-state index contributed by atoms with van der Waals surface area (Å²) in [6.45, 7) is 3.14. The van der Waals surface area contributed by atoms with Gasteiger partial charge in [-0.25, -0.2) is 4.79 Å². The zero-order chi connectivity index (χ0) is 16.1. The van der Waals surface area contributed by atoms with Gasteiger partial charge in [0, 0.05) is 18.7 Å². The van der Waals surface area contributed by atoms with Crippen LogP contribution in [0.15, 0.2) is 42.5 Å². The van der Waals surface area contributed by atoms with Crippen LogP contribution in [0, 0.1) is 6.92 Å². The van der Waals surface area contributed by atoms with E-state index >= 15 is 0 Å². The van der Waals surface area contributed by atoms with Gasteiger partial charge in [0.25, 0.3) is 0 Å². The molecule has 0 saturated heterocycles. The van der Waals surface area contributed by atoms with Gasteiger partial charge in [-0.05, 0) is 36.8 Å². The van der Waals surface area contributed by atoms with Crippen LogP contribution in [0.5, 0.6) is 11.5 Å². The Kier molecular flexibility index (Phi) is 4.63. The second-order valence-electron chi connectivity index (χ2n) is 4.72. The summed E-state index contributed by atoms with van der Waals surface area (Å²) in [5.74, 6) is -0.113. The summed E-state index contributed by atoms with van der Waals surface area (Å²) in [6.07, 6.45) is 0. The Bertz CT molecular complexity index is 713. The first-order chi connectivity index (χ1) is 10.4. The van der Waals surface area contributed by atoms with Gasteiger partial charge < -0.3 is 20.5 Å². The number of amides is 2. The van der Waals surface area contributed by atoms with Crippen LogP contribution in [-0.2, 0) is 4.79 Å². The molecule has 22 heavy (non-hydrogen) atoms. The van der Waals surface area contributed by atoms with Crippen molar-refractivity contribution in [3.8, 4) is 11.5 Å². The van der Waals surface area contributed by atoms with Crippen molar-refractivity contribution < 1.29 is 19.4 Å². The van der Waals surface area contributed by atoms with E-state index in [1.165, 1.54) is 13.0 Å². The van der Waals surface area contributed by atoms with E-state index in [-0.39, 0.29) is 5.75 Å². The van der Waals surface area contributed by atoms with E-state index in [1.54, 1.807) is 36.4 Å². The number of urea groups is 1. The third kappa shape index (κ3) is 4.24. The van der Waals surface area contributed by atoms with Gasteiger partial charge in [0.05, 0.1) is 5.69 Å². The smallest absolute Gasteiger partial charge is 0.323 e. The van der Waals surface area contributed by atoms with Crippen LogP contribution in [0.1, 0.15) is 12.5 Å². The van der Waals surface area contributed by atoms with Gasteiger partial charge in [-0.15, -0.1) is 0 Å². The highest BCUT2D eigenvalue weighted by molar-refractivity contribution is 6.00. The predicted molar refractivity (Wildman–Crippen MR) is 83.2 cm³/mol. The quantitative estimate of drug-likeness (QED) is 0.461. The lowest BCUT2D eigenvalue weighted by atomic mass is 10.2. The van der Waals surface area contributed by atoms with E-state index < -0.39 is 12.0 Å². The second-order valence-corrected chi connectivity index (χ2v) is 4.72. The molecular weight excluding hydrogens is 284 g/mol. The molecule has 2 rings (SSSR count). The Morgan fingerprint density at radius 3 is 2.55 bits per heavy atom. The maximum atomic E-state index is 11.9. The van der Waals surface area contributed by atoms with Crippen molar-refractivity contribution in [2.24, 2.45) is 0 Å². The van der Waals surface area contributed by atoms with Crippen molar-refractivity contribution >= 4 is 23.4 Å². The average Bonchev–Trinajstić information content (AvgIpc) is 2.41. The van der Waals surface area contributed by atoms with Crippen LogP contribution >= 0.6 is 0 Å². The Labute approximate surface area is 127 Å². The molecule has 0 radical (unpaired) electrons. The molecule has 0 spiro atoms. The van der Waals surface area contributed by atoms with Crippen molar-refractivity contribution in [1.82, 2.24) is 0 Å². The molecule has 3 N–H and O–H groups in total. The minimum atomic E-state index is -0.515. The molecule has 0 aliphatic carbocycles. The number of phenols is 1. The first kappa shape index (κ1) is 15.4. The highest BCUT2D eigenvalue weighted by atomic mass is 16.5. The normalized spacial score (nSPS) is 9.91. The number of phenolic OH excluding ortho intramolecular Hbond substituents is 1. The van der Waals surface area contributed by atoms with E-state index in [2.05, 4.69) is 10.6 Å². The van der Waals surface area contributed by atoms with E-state index in [0.717, 1.165) is 5.56 Å². The molecule has 0 unspecified atom stereocenters. The van der Waals surface area contributed by atoms with Crippen LogP contribution in [0.3, 0.4) is 0 Å². The summed E-state index contributed by atoms with van der Waals surface area (Å²) >= 11 is 0. The number of aromatic hydroxyl groups is 1. The van der Waals surface area contributed by atoms with Crippen LogP contribution in [0.25, 0.3) is 0 Å². The minimum Gasteiger partial charge on any atom is -0.506 e. The molecule has 6 heteroatoms. The summed E-state index contributed by atoms with van der Waals surface area (Å²) in [4.78, 5) is 22.8. The molecule has 0 aliphatic heterocycles. The number of carbonyl (C=O) groups is 2. The zero-order valence-electron chi connectivity index (χ0n) is 12.2. The van der Waals surface area contributed by atoms with Gasteiger partial charge >= 0.3 is 12.0 Å². The highest BCUT2D eigenvalue weighted by Gasteiger charge is 2.07. The van der Waals surface area contributed by atoms with Crippen LogP contribution in [0.4, 0.5) is 16.2 Å². The Morgan fingerprint density at radius 1 is 1.09 bits per heavy atom. The molecule has 2 aromatic rings. The Hall–Kier alpha value is -3.02. The second kappa shape index (κ2) is 6.62. The van der Waals surface area contributed by atoms with E-state index in [0.29, 0.717) is 17.1 Å². The summed E-state index contributed by atoms with van der Waals surface area (Å²) in [5.41, 5.74) is 1.65. The van der Waals surface area contributed by atoms with E-state index in [1.807, 2.05) is 6.92 Å². The molecule has 0 bridgehead atoms. The van der Waals surface area contributed by atoms with Crippen LogP contribution in [-0.4, -0.2) is 17.1 Å². The monoisotopic (exact) mass is 300 g/mol. The van der Waals surface area contributed by atoms with Crippen molar-refractivity contribution in [3.05, 3.63) is 48.0 Å². The lowest BCUT2D eigenvalue weighted by Gasteiger charge is -2.10. The predicted octanol–water partition coefficient (Wildman–Crippen LogP) is 3.27. The van der Waals surface area contributed by atoms with Crippen LogP contribution in [0.2, 0.25) is 0 Å². The summed E-state index contributed by atoms with van der Waals surface area (Å²) in [6, 6.07) is 10.9. The van der Waals surface area contributed by atoms with E-state index in [9.17, 15) is 14.7 Å². The van der Waals surface area contributed by atoms with Crippen molar-refractivity contribution in [2.75, 3.05) is 10.6 Å². The molecule has 0 fully saturated rings. The van der Waals surface area contributed by atoms with Gasteiger partial charge in [0.2, 0.25) is 0 Å². The maximum absolute atomic E-state index is 11.9. The lowest BCUT2D eigenvalue weighted by molar-refractivity contribution is -0.131. The van der Waals surface area contributed by atoms with Crippen LogP contribution < -0.4 is 15.4 Å². The zero-order valence-corrected chi connectivity index (χ0v) is 12.2. The molecule has 114 valence electrons. The summed E-state index contributed by atoms with van der Waals surface area (Å²) in [7, 11) is 0. The average molecular weight is 300 g/mol. The summed E-state index contributed by atoms with van der Waals surface area (Å²) in [5, 5.41) is 14.9. The summed E-state index contributed by atoms with van der Waals surface area (Å²) < 4.78 is 4.94. The van der Waals surface area contributed by atoms with Crippen molar-refractivity contribution in [2.45, 2.75) is 13.8 Å². The topological polar surface area (TPSA) is 87.7 Å². The number of ether oxygens (including phenoxy) is 1. The molecule has 6 nitrogen and oxygen atoms in total. The standard InChI is InChI=1S/C16H16N2O4/c1-10-6-7-14(15(20)8-10)18-16(21)17-12-4-3-5-13(9-12)22-11(2)19/h3-9,20H,1-2H3,(H2,17,18,21). The van der Waals surface area contributed by atoms with Gasteiger partial charge in [-0.1, -0.05) is 12.1 Å². The van der Waals surface area contributed by atoms with Gasteiger partial charge in [0.15, 0.2) is 0 Å². The molecule has 0 atom stereocenters. The third-order valence-corrected chi connectivity index (χ3v) is 2.75. The van der Waals surface area contributed by atoms with Crippen molar-refractivity contribution in [1.29, 1.82) is 0 Å². The van der Waals surface area contributed by atoms with Gasteiger partial charge in [-0.2, -0.15) is 0 Å². The number of anilines is 2. The highest BCUT2D eigenvalue weighted by Crippen LogP contribution is 2.24. The molecule has 0 heterocycles. The fourth-order valence-electron chi connectivity index (χ4n) is 1.84. The first-order valence-corrected chi connectivity index (χ1v) is 6.60. The molecule has 0 saturated carbocycles. The molecule has 0 aliphatic rings. The number of hydrogen-bond acceptors (Lipinski definition) is 4. The Balaban J connectivity index is 2.04. The van der Waals surface area contributed by atoms with Gasteiger partial charge in [-0.3, -0.25) is 4.79 Å². The largest absolute Gasteiger partial charge is 0.506 e. The van der Waals surface area contributed by atoms with E-state index in [4.69, 9.17) is 4.74 Å². The number of nitrogens with one attached hydrogen (secondary N) is 2. The first-order valence-electron chi connectivity index (χ1n) is 6.60. The molecule has 2 aromatic carbocycles. The number of hydrogen-bond donors (Lipinski definition) is 3. The number of benzene rings is 2. The maximum Gasteiger partial charge on any atom is 0.323 e. The Morgan fingerprint density at radius 2 is 1.86 bits per heavy atom. The fourth-order valence-corrected chi connectivity index (χ4v) is 1.84. The minimum absolute atomic E-state index is 0.0104. The van der Waals surface area contributed by atoms with Gasteiger partial charge in [0.1, 0.15) is 11.5 Å². The number of aryl methyl sites for hydroxylation is 1. The molecular formula is C16H16N2O4. The van der Waals surface area contributed by atoms with Crippen molar-refractivity contribution in [3.63, 3.8) is 0 Å². The number of carbonyl (C=O) groups excluding carboxylic acids is 2.